The van der Waals surface area contributed by atoms with Crippen LogP contribution in [0.4, 0.5) is 0 Å². The summed E-state index contributed by atoms with van der Waals surface area (Å²) in [4.78, 5) is 10.5. The zero-order valence-electron chi connectivity index (χ0n) is 9.77. The third-order valence-electron chi connectivity index (χ3n) is 2.45. The van der Waals surface area contributed by atoms with Gasteiger partial charge in [0, 0.05) is 6.42 Å². The first kappa shape index (κ1) is 14.8. The molecule has 0 unspecified atom stereocenters. The molecule has 1 aliphatic rings. The molecule has 0 saturated heterocycles. The van der Waals surface area contributed by atoms with Gasteiger partial charge < -0.3 is 4.74 Å². The first-order valence-corrected chi connectivity index (χ1v) is 6.56. The molecule has 0 aromatic heterocycles. The Morgan fingerprint density at radius 2 is 1.60 bits per heavy atom. The second kappa shape index (κ2) is 11.8. The van der Waals surface area contributed by atoms with E-state index in [1.165, 1.54) is 38.5 Å². The molecule has 0 atom stereocenters. The van der Waals surface area contributed by atoms with Gasteiger partial charge in [-0.05, 0) is 6.42 Å². The number of esters is 1. The number of carbonyl (C=O) groups excluding carboxylic acids is 1. The van der Waals surface area contributed by atoms with Crippen LogP contribution in [0.2, 0.25) is 0 Å². The summed E-state index contributed by atoms with van der Waals surface area (Å²) in [6.45, 7) is 2.02. The summed E-state index contributed by atoms with van der Waals surface area (Å²) in [6.07, 6.45) is 11.4. The molecular weight excluding hydrogens is 212 g/mol. The molecule has 0 N–H and O–H groups in total. The third kappa shape index (κ3) is 11.7. The van der Waals surface area contributed by atoms with Crippen molar-refractivity contribution >= 4 is 17.6 Å². The molecule has 1 saturated carbocycles. The second-order valence-electron chi connectivity index (χ2n) is 3.85. The minimum Gasteiger partial charge on any atom is -0.449 e. The lowest BCUT2D eigenvalue weighted by molar-refractivity contribution is -0.141. The minimum absolute atomic E-state index is 0.0253. The molecule has 0 bridgehead atoms. The van der Waals surface area contributed by atoms with Crippen molar-refractivity contribution in [1.29, 1.82) is 0 Å². The van der Waals surface area contributed by atoms with Crippen molar-refractivity contribution < 1.29 is 9.53 Å². The highest BCUT2D eigenvalue weighted by Gasteiger charge is 1.98. The quantitative estimate of drug-likeness (QED) is 0.537. The number of rotatable bonds is 4. The van der Waals surface area contributed by atoms with Crippen LogP contribution in [0.15, 0.2) is 0 Å². The molecule has 0 radical (unpaired) electrons. The topological polar surface area (TPSA) is 26.3 Å². The van der Waals surface area contributed by atoms with Gasteiger partial charge >= 0.3 is 5.97 Å². The van der Waals surface area contributed by atoms with Crippen LogP contribution in [-0.2, 0) is 9.53 Å². The van der Waals surface area contributed by atoms with Gasteiger partial charge in [0.25, 0.3) is 0 Å². The van der Waals surface area contributed by atoms with Crippen LogP contribution in [0.1, 0.15) is 64.7 Å². The predicted octanol–water partition coefficient (Wildman–Crippen LogP) is 4.26. The summed E-state index contributed by atoms with van der Waals surface area (Å²) < 4.78 is 4.47. The summed E-state index contributed by atoms with van der Waals surface area (Å²) in [5, 5.41) is 0. The van der Waals surface area contributed by atoms with E-state index in [1.807, 2.05) is 6.92 Å². The molecule has 1 aliphatic carbocycles. The highest BCUT2D eigenvalue weighted by atomic mass is 35.5. The van der Waals surface area contributed by atoms with Gasteiger partial charge in [-0.3, -0.25) is 4.79 Å². The smallest absolute Gasteiger partial charge is 0.306 e. The molecule has 0 amide bonds. The highest BCUT2D eigenvalue weighted by Crippen LogP contribution is 2.15. The van der Waals surface area contributed by atoms with Crippen LogP contribution >= 0.6 is 11.6 Å². The average Bonchev–Trinajstić information content (AvgIpc) is 2.30. The highest BCUT2D eigenvalue weighted by molar-refractivity contribution is 6.17. The Labute approximate surface area is 98.3 Å². The van der Waals surface area contributed by atoms with E-state index in [-0.39, 0.29) is 12.0 Å². The predicted molar refractivity (Wildman–Crippen MR) is 64.0 cm³/mol. The fourth-order valence-corrected chi connectivity index (χ4v) is 1.64. The van der Waals surface area contributed by atoms with Gasteiger partial charge in [-0.1, -0.05) is 63.5 Å². The number of carbonyl (C=O) groups is 1. The van der Waals surface area contributed by atoms with Crippen LogP contribution in [0.5, 0.6) is 0 Å². The number of ether oxygens (including phenoxy) is 1. The van der Waals surface area contributed by atoms with E-state index in [0.29, 0.717) is 6.42 Å². The van der Waals surface area contributed by atoms with Crippen molar-refractivity contribution in [2.24, 2.45) is 0 Å². The number of alkyl halides is 1. The van der Waals surface area contributed by atoms with Crippen LogP contribution < -0.4 is 0 Å². The molecule has 3 heteroatoms. The SMILES string of the molecule is C1CCCCC1.CCCCC(=O)OCCl. The molecule has 0 aromatic rings. The Hall–Kier alpha value is -0.240. The lowest BCUT2D eigenvalue weighted by atomic mass is 10.0. The van der Waals surface area contributed by atoms with Crippen molar-refractivity contribution in [1.82, 2.24) is 0 Å². The van der Waals surface area contributed by atoms with Crippen LogP contribution in [0.25, 0.3) is 0 Å². The van der Waals surface area contributed by atoms with Crippen LogP contribution in [0.3, 0.4) is 0 Å². The van der Waals surface area contributed by atoms with Gasteiger partial charge in [-0.25, -0.2) is 0 Å². The fourth-order valence-electron chi connectivity index (χ4n) is 1.51. The molecule has 0 aliphatic heterocycles. The largest absolute Gasteiger partial charge is 0.449 e. The lowest BCUT2D eigenvalue weighted by Crippen LogP contribution is -2.01. The van der Waals surface area contributed by atoms with E-state index < -0.39 is 0 Å². The van der Waals surface area contributed by atoms with E-state index in [9.17, 15) is 4.79 Å². The first-order valence-electron chi connectivity index (χ1n) is 6.02. The van der Waals surface area contributed by atoms with Gasteiger partial charge in [-0.2, -0.15) is 0 Å². The molecule has 0 aromatic carbocycles. The van der Waals surface area contributed by atoms with Crippen LogP contribution in [-0.4, -0.2) is 12.0 Å². The number of hydrogen-bond acceptors (Lipinski definition) is 2. The Morgan fingerprint density at radius 3 is 1.93 bits per heavy atom. The normalized spacial score (nSPS) is 15.1. The third-order valence-corrected chi connectivity index (χ3v) is 2.56. The van der Waals surface area contributed by atoms with Gasteiger partial charge in [-0.15, -0.1) is 0 Å². The van der Waals surface area contributed by atoms with E-state index in [1.54, 1.807) is 0 Å². The summed E-state index contributed by atoms with van der Waals surface area (Å²) >= 11 is 5.13. The second-order valence-corrected chi connectivity index (χ2v) is 4.07. The average molecular weight is 235 g/mol. The molecule has 2 nitrogen and oxygen atoms in total. The van der Waals surface area contributed by atoms with Crippen molar-refractivity contribution in [2.75, 3.05) is 6.07 Å². The molecule has 1 fully saturated rings. The van der Waals surface area contributed by atoms with Gasteiger partial charge in [0.1, 0.15) is 0 Å². The Morgan fingerprint density at radius 1 is 1.13 bits per heavy atom. The summed E-state index contributed by atoms with van der Waals surface area (Å²) in [5.41, 5.74) is 0. The van der Waals surface area contributed by atoms with Crippen molar-refractivity contribution in [3.63, 3.8) is 0 Å². The number of halogens is 1. The van der Waals surface area contributed by atoms with E-state index in [0.717, 1.165) is 12.8 Å². The summed E-state index contributed by atoms with van der Waals surface area (Å²) in [7, 11) is 0. The van der Waals surface area contributed by atoms with E-state index in [4.69, 9.17) is 11.6 Å². The van der Waals surface area contributed by atoms with Gasteiger partial charge in [0.2, 0.25) is 0 Å². The Bertz CT molecular complexity index is 133. The molecule has 0 heterocycles. The fraction of sp³-hybridized carbons (Fsp3) is 0.917. The Balaban J connectivity index is 0.000000280. The summed E-state index contributed by atoms with van der Waals surface area (Å²) in [6, 6.07) is -0.0253. The first-order chi connectivity index (χ1) is 7.31. The number of unbranched alkanes of at least 4 members (excludes halogenated alkanes) is 1. The van der Waals surface area contributed by atoms with Gasteiger partial charge in [0.05, 0.1) is 0 Å². The van der Waals surface area contributed by atoms with Crippen molar-refractivity contribution in [2.45, 2.75) is 64.7 Å². The molecule has 90 valence electrons. The molecular formula is C12H23ClO2. The summed E-state index contributed by atoms with van der Waals surface area (Å²) in [5.74, 6) is -0.202. The maximum Gasteiger partial charge on any atom is 0.306 e. The number of hydrogen-bond donors (Lipinski definition) is 0. The Kier molecular flexibility index (Phi) is 11.6. The van der Waals surface area contributed by atoms with Gasteiger partial charge in [0.15, 0.2) is 6.07 Å². The molecule has 15 heavy (non-hydrogen) atoms. The molecule has 1 rings (SSSR count). The zero-order chi connectivity index (χ0) is 11.4. The van der Waals surface area contributed by atoms with E-state index >= 15 is 0 Å². The zero-order valence-corrected chi connectivity index (χ0v) is 10.5. The van der Waals surface area contributed by atoms with Crippen molar-refractivity contribution in [3.05, 3.63) is 0 Å². The van der Waals surface area contributed by atoms with E-state index in [2.05, 4.69) is 4.74 Å². The maximum atomic E-state index is 10.5. The monoisotopic (exact) mass is 234 g/mol. The maximum absolute atomic E-state index is 10.5. The lowest BCUT2D eigenvalue weighted by Gasteiger charge is -2.05. The standard InChI is InChI=1S/C6H11ClO2.C6H12/c1-2-3-4-6(8)9-5-7;1-2-4-6-5-3-1/h2-5H2,1H3;1-6H2. The van der Waals surface area contributed by atoms with Crippen LogP contribution in [0, 0.1) is 0 Å². The molecule has 0 spiro atoms. The minimum atomic E-state index is -0.202. The van der Waals surface area contributed by atoms with Crippen molar-refractivity contribution in [3.8, 4) is 0 Å².